The van der Waals surface area contributed by atoms with E-state index in [1.807, 2.05) is 87.5 Å². The van der Waals surface area contributed by atoms with Gasteiger partial charge >= 0.3 is 0 Å². The van der Waals surface area contributed by atoms with Crippen LogP contribution in [0.3, 0.4) is 0 Å². The average molecular weight is 456 g/mol. The van der Waals surface area contributed by atoms with E-state index in [0.29, 0.717) is 16.5 Å². The highest BCUT2D eigenvalue weighted by Crippen LogP contribution is 2.23. The monoisotopic (exact) mass is 455 g/mol. The molecular formula is C26H25N5OS. The number of hydrogen-bond acceptors (Lipinski definition) is 5. The number of carbonyl (C=O) groups is 1. The Morgan fingerprint density at radius 2 is 1.58 bits per heavy atom. The van der Waals surface area contributed by atoms with E-state index in [1.54, 1.807) is 11.0 Å². The molecule has 0 unspecified atom stereocenters. The molecule has 3 aromatic carbocycles. The molecule has 33 heavy (non-hydrogen) atoms. The Morgan fingerprint density at radius 1 is 0.909 bits per heavy atom. The highest BCUT2D eigenvalue weighted by atomic mass is 32.1. The van der Waals surface area contributed by atoms with Crippen molar-refractivity contribution in [3.63, 3.8) is 0 Å². The molecule has 1 amide bonds. The van der Waals surface area contributed by atoms with Crippen LogP contribution in [-0.4, -0.2) is 20.7 Å². The van der Waals surface area contributed by atoms with Gasteiger partial charge in [0.05, 0.1) is 10.7 Å². The number of anilines is 2. The van der Waals surface area contributed by atoms with Crippen LogP contribution in [0.4, 0.5) is 11.4 Å². The fourth-order valence-electron chi connectivity index (χ4n) is 3.40. The summed E-state index contributed by atoms with van der Waals surface area (Å²) in [4.78, 5) is 16.8. The molecule has 0 atom stereocenters. The smallest absolute Gasteiger partial charge is 0.250 e. The molecule has 0 bridgehead atoms. The van der Waals surface area contributed by atoms with Crippen molar-refractivity contribution in [2.24, 2.45) is 0 Å². The van der Waals surface area contributed by atoms with Gasteiger partial charge in [-0.25, -0.2) is 9.67 Å². The summed E-state index contributed by atoms with van der Waals surface area (Å²) in [5.41, 5.74) is 6.80. The summed E-state index contributed by atoms with van der Waals surface area (Å²) in [6.07, 6.45) is 3.12. The standard InChI is InChI=1S/C26H25N5OS/c1-17-7-13-22(14-8-17)31-16-27-26(30-31)20-9-11-21(12-10-20)28-23(32)15-24(33)29-25-18(2)5-4-6-19(25)3/h4-16,29,33H,1-3H3,(H,28,32)/b24-15-. The lowest BCUT2D eigenvalue weighted by Gasteiger charge is -2.12. The summed E-state index contributed by atoms with van der Waals surface area (Å²) in [6.45, 7) is 6.07. The van der Waals surface area contributed by atoms with E-state index in [9.17, 15) is 4.79 Å². The van der Waals surface area contributed by atoms with Gasteiger partial charge in [0.1, 0.15) is 6.33 Å². The van der Waals surface area contributed by atoms with Crippen LogP contribution in [0.2, 0.25) is 0 Å². The maximum absolute atomic E-state index is 12.4. The highest BCUT2D eigenvalue weighted by molar-refractivity contribution is 7.84. The van der Waals surface area contributed by atoms with Crippen LogP contribution in [0.1, 0.15) is 16.7 Å². The summed E-state index contributed by atoms with van der Waals surface area (Å²) in [5, 5.41) is 11.1. The molecule has 0 aliphatic carbocycles. The first kappa shape index (κ1) is 22.4. The molecule has 0 saturated carbocycles. The van der Waals surface area contributed by atoms with Gasteiger partial charge in [-0.1, -0.05) is 35.9 Å². The summed E-state index contributed by atoms with van der Waals surface area (Å²) in [6, 6.07) is 21.5. The van der Waals surface area contributed by atoms with Crippen LogP contribution in [0.15, 0.2) is 84.2 Å². The lowest BCUT2D eigenvalue weighted by atomic mass is 10.1. The van der Waals surface area contributed by atoms with Gasteiger partial charge in [-0.3, -0.25) is 4.79 Å². The molecular weight excluding hydrogens is 430 g/mol. The number of para-hydroxylation sites is 1. The first-order chi connectivity index (χ1) is 15.9. The Hall–Kier alpha value is -3.84. The van der Waals surface area contributed by atoms with Gasteiger partial charge in [0.15, 0.2) is 5.82 Å². The van der Waals surface area contributed by atoms with Crippen molar-refractivity contribution >= 4 is 29.9 Å². The summed E-state index contributed by atoms with van der Waals surface area (Å²) in [5.74, 6) is 0.344. The predicted molar refractivity (Wildman–Crippen MR) is 137 cm³/mol. The van der Waals surface area contributed by atoms with E-state index < -0.39 is 0 Å². The van der Waals surface area contributed by atoms with Gasteiger partial charge in [0.2, 0.25) is 0 Å². The first-order valence-electron chi connectivity index (χ1n) is 10.5. The second-order valence-corrected chi connectivity index (χ2v) is 8.32. The molecule has 166 valence electrons. The number of aryl methyl sites for hydroxylation is 3. The van der Waals surface area contributed by atoms with E-state index in [2.05, 4.69) is 33.3 Å². The molecule has 7 heteroatoms. The van der Waals surface area contributed by atoms with E-state index in [-0.39, 0.29) is 5.91 Å². The molecule has 0 fully saturated rings. The third kappa shape index (κ3) is 5.51. The van der Waals surface area contributed by atoms with Gasteiger partial charge in [-0.15, -0.1) is 17.7 Å². The zero-order valence-electron chi connectivity index (χ0n) is 18.7. The molecule has 0 saturated heterocycles. The van der Waals surface area contributed by atoms with Crippen LogP contribution in [-0.2, 0) is 4.79 Å². The fraction of sp³-hybridized carbons (Fsp3) is 0.115. The second kappa shape index (κ2) is 9.75. The van der Waals surface area contributed by atoms with Crippen molar-refractivity contribution < 1.29 is 4.79 Å². The zero-order valence-corrected chi connectivity index (χ0v) is 19.6. The largest absolute Gasteiger partial charge is 0.350 e. The molecule has 0 aliphatic rings. The fourth-order valence-corrected chi connectivity index (χ4v) is 3.63. The summed E-state index contributed by atoms with van der Waals surface area (Å²) < 4.78 is 1.74. The van der Waals surface area contributed by atoms with Gasteiger partial charge in [0, 0.05) is 23.0 Å². The third-order valence-electron chi connectivity index (χ3n) is 5.20. The van der Waals surface area contributed by atoms with Crippen molar-refractivity contribution in [3.8, 4) is 17.1 Å². The van der Waals surface area contributed by atoms with Crippen molar-refractivity contribution in [2.45, 2.75) is 20.8 Å². The Labute approximate surface area is 198 Å². The third-order valence-corrected chi connectivity index (χ3v) is 5.44. The molecule has 0 radical (unpaired) electrons. The molecule has 1 aromatic heterocycles. The van der Waals surface area contributed by atoms with E-state index >= 15 is 0 Å². The topological polar surface area (TPSA) is 71.8 Å². The van der Waals surface area contributed by atoms with Gasteiger partial charge in [-0.05, 0) is 68.3 Å². The van der Waals surface area contributed by atoms with Crippen molar-refractivity contribution in [1.29, 1.82) is 0 Å². The number of amides is 1. The molecule has 6 nitrogen and oxygen atoms in total. The van der Waals surface area contributed by atoms with Crippen molar-refractivity contribution in [1.82, 2.24) is 14.8 Å². The highest BCUT2D eigenvalue weighted by Gasteiger charge is 2.08. The van der Waals surface area contributed by atoms with Crippen molar-refractivity contribution in [2.75, 3.05) is 10.6 Å². The number of hydrogen-bond donors (Lipinski definition) is 3. The van der Waals surface area contributed by atoms with Crippen LogP contribution in [0.5, 0.6) is 0 Å². The van der Waals surface area contributed by atoms with Gasteiger partial charge < -0.3 is 10.6 Å². The molecule has 1 heterocycles. The molecule has 4 aromatic rings. The first-order valence-corrected chi connectivity index (χ1v) is 11.0. The van der Waals surface area contributed by atoms with Gasteiger partial charge in [-0.2, -0.15) is 0 Å². The molecule has 0 spiro atoms. The summed E-state index contributed by atoms with van der Waals surface area (Å²) in [7, 11) is 0. The lowest BCUT2D eigenvalue weighted by molar-refractivity contribution is -0.111. The number of thiol groups is 1. The van der Waals surface area contributed by atoms with E-state index in [0.717, 1.165) is 28.1 Å². The number of benzene rings is 3. The zero-order chi connectivity index (χ0) is 23.4. The minimum atomic E-state index is -0.270. The average Bonchev–Trinajstić information content (AvgIpc) is 3.27. The minimum absolute atomic E-state index is 0.270. The minimum Gasteiger partial charge on any atom is -0.350 e. The Bertz CT molecular complexity index is 1290. The summed E-state index contributed by atoms with van der Waals surface area (Å²) >= 11 is 4.41. The molecule has 0 aliphatic heterocycles. The lowest BCUT2D eigenvalue weighted by Crippen LogP contribution is -2.10. The van der Waals surface area contributed by atoms with Crippen molar-refractivity contribution in [3.05, 3.63) is 101 Å². The van der Waals surface area contributed by atoms with Crippen LogP contribution >= 0.6 is 12.6 Å². The molecule has 4 rings (SSSR count). The Kier molecular flexibility index (Phi) is 6.60. The number of nitrogens with one attached hydrogen (secondary N) is 2. The number of rotatable bonds is 6. The Morgan fingerprint density at radius 3 is 2.24 bits per heavy atom. The number of carbonyl (C=O) groups excluding carboxylic acids is 1. The quantitative estimate of drug-likeness (QED) is 0.258. The SMILES string of the molecule is Cc1ccc(-n2cnc(-c3ccc(NC(=O)/C=C(\S)Nc4c(C)cccc4C)cc3)n2)cc1. The number of nitrogens with zero attached hydrogens (tertiary/aromatic N) is 3. The number of aromatic nitrogens is 3. The second-order valence-electron chi connectivity index (χ2n) is 7.84. The van der Waals surface area contributed by atoms with Gasteiger partial charge in [0.25, 0.3) is 5.91 Å². The normalized spacial score (nSPS) is 11.3. The van der Waals surface area contributed by atoms with E-state index in [4.69, 9.17) is 0 Å². The maximum Gasteiger partial charge on any atom is 0.250 e. The van der Waals surface area contributed by atoms with Crippen LogP contribution < -0.4 is 10.6 Å². The molecule has 2 N–H and O–H groups in total. The Balaban J connectivity index is 1.41. The predicted octanol–water partition coefficient (Wildman–Crippen LogP) is 5.68. The van der Waals surface area contributed by atoms with Crippen LogP contribution in [0.25, 0.3) is 17.1 Å². The van der Waals surface area contributed by atoms with E-state index in [1.165, 1.54) is 11.6 Å². The maximum atomic E-state index is 12.4. The van der Waals surface area contributed by atoms with Crippen LogP contribution in [0, 0.1) is 20.8 Å².